The minimum Gasteiger partial charge on any atom is -0.478 e. The van der Waals surface area contributed by atoms with E-state index in [1.165, 1.54) is 5.69 Å². The number of aromatic nitrogens is 1. The van der Waals surface area contributed by atoms with Crippen molar-refractivity contribution in [3.05, 3.63) is 59.4 Å². The number of hydrogen-bond donors (Lipinski definition) is 2. The van der Waals surface area contributed by atoms with Crippen molar-refractivity contribution in [1.82, 2.24) is 9.88 Å². The van der Waals surface area contributed by atoms with Crippen molar-refractivity contribution in [1.29, 1.82) is 0 Å². The minimum absolute atomic E-state index is 0.299. The minimum atomic E-state index is -0.890. The molecule has 0 aliphatic heterocycles. The number of carboxylic acid groups (broad SMARTS) is 1. The summed E-state index contributed by atoms with van der Waals surface area (Å²) in [6, 6.07) is 11.5. The largest absolute Gasteiger partial charge is 0.478 e. The molecule has 106 valence electrons. The molecule has 0 saturated heterocycles. The molecular formula is C16H20N2O2. The summed E-state index contributed by atoms with van der Waals surface area (Å²) in [5.74, 6) is -0.890. The zero-order valence-corrected chi connectivity index (χ0v) is 11.8. The molecule has 0 aliphatic rings. The van der Waals surface area contributed by atoms with Crippen LogP contribution in [-0.4, -0.2) is 22.2 Å². The summed E-state index contributed by atoms with van der Waals surface area (Å²) >= 11 is 0. The SMILES string of the molecule is CCNC(C)c1cccn1Cc1ccc(C(=O)O)cc1. The lowest BCUT2D eigenvalue weighted by molar-refractivity contribution is 0.0697. The number of benzene rings is 1. The number of carboxylic acids is 1. The number of rotatable bonds is 6. The zero-order chi connectivity index (χ0) is 14.5. The third-order valence-electron chi connectivity index (χ3n) is 3.37. The highest BCUT2D eigenvalue weighted by atomic mass is 16.4. The van der Waals surface area contributed by atoms with Crippen LogP contribution in [0.4, 0.5) is 0 Å². The van der Waals surface area contributed by atoms with Gasteiger partial charge in [-0.05, 0) is 43.3 Å². The summed E-state index contributed by atoms with van der Waals surface area (Å²) in [6.45, 7) is 5.91. The van der Waals surface area contributed by atoms with Crippen LogP contribution in [0.15, 0.2) is 42.6 Å². The van der Waals surface area contributed by atoms with Crippen LogP contribution in [0.5, 0.6) is 0 Å². The molecule has 0 amide bonds. The van der Waals surface area contributed by atoms with Crippen molar-refractivity contribution in [2.24, 2.45) is 0 Å². The molecule has 20 heavy (non-hydrogen) atoms. The standard InChI is InChI=1S/C16H20N2O2/c1-3-17-12(2)15-5-4-10-18(15)11-13-6-8-14(9-7-13)16(19)20/h4-10,12,17H,3,11H2,1-2H3,(H,19,20). The van der Waals surface area contributed by atoms with Crippen molar-refractivity contribution in [3.8, 4) is 0 Å². The average molecular weight is 272 g/mol. The second-order valence-corrected chi connectivity index (χ2v) is 4.84. The maximum atomic E-state index is 10.8. The van der Waals surface area contributed by atoms with Gasteiger partial charge in [0, 0.05) is 24.5 Å². The molecule has 0 spiro atoms. The molecule has 0 bridgehead atoms. The molecular weight excluding hydrogens is 252 g/mol. The van der Waals surface area contributed by atoms with Crippen molar-refractivity contribution in [2.75, 3.05) is 6.54 Å². The fourth-order valence-electron chi connectivity index (χ4n) is 2.32. The number of nitrogens with one attached hydrogen (secondary N) is 1. The first kappa shape index (κ1) is 14.3. The Morgan fingerprint density at radius 1 is 1.30 bits per heavy atom. The van der Waals surface area contributed by atoms with Crippen LogP contribution in [0.25, 0.3) is 0 Å². The van der Waals surface area contributed by atoms with Gasteiger partial charge in [0.25, 0.3) is 0 Å². The average Bonchev–Trinajstić information content (AvgIpc) is 2.88. The molecule has 0 fully saturated rings. The van der Waals surface area contributed by atoms with Crippen LogP contribution in [0, 0.1) is 0 Å². The van der Waals surface area contributed by atoms with Crippen molar-refractivity contribution in [3.63, 3.8) is 0 Å². The monoisotopic (exact) mass is 272 g/mol. The lowest BCUT2D eigenvalue weighted by Gasteiger charge is -2.16. The van der Waals surface area contributed by atoms with E-state index in [1.807, 2.05) is 24.4 Å². The van der Waals surface area contributed by atoms with Gasteiger partial charge in [-0.3, -0.25) is 0 Å². The number of aromatic carboxylic acids is 1. The van der Waals surface area contributed by atoms with E-state index in [9.17, 15) is 4.79 Å². The summed E-state index contributed by atoms with van der Waals surface area (Å²) in [4.78, 5) is 10.8. The molecule has 2 aromatic rings. The molecule has 1 heterocycles. The van der Waals surface area contributed by atoms with Crippen molar-refractivity contribution < 1.29 is 9.90 Å². The summed E-state index contributed by atoms with van der Waals surface area (Å²) < 4.78 is 2.18. The molecule has 1 atom stereocenters. The van der Waals surface area contributed by atoms with Crippen LogP contribution in [0.1, 0.15) is 41.5 Å². The van der Waals surface area contributed by atoms with Crippen LogP contribution < -0.4 is 5.32 Å². The lowest BCUT2D eigenvalue weighted by Crippen LogP contribution is -2.20. The predicted molar refractivity (Wildman–Crippen MR) is 79.0 cm³/mol. The smallest absolute Gasteiger partial charge is 0.335 e. The van der Waals surface area contributed by atoms with E-state index in [2.05, 4.69) is 29.8 Å². The Balaban J connectivity index is 2.14. The fourth-order valence-corrected chi connectivity index (χ4v) is 2.32. The Hall–Kier alpha value is -2.07. The van der Waals surface area contributed by atoms with Gasteiger partial charge in [0.1, 0.15) is 0 Å². The molecule has 2 N–H and O–H groups in total. The third-order valence-corrected chi connectivity index (χ3v) is 3.37. The van der Waals surface area contributed by atoms with Gasteiger partial charge >= 0.3 is 5.97 Å². The normalized spacial score (nSPS) is 12.3. The van der Waals surface area contributed by atoms with Crippen molar-refractivity contribution >= 4 is 5.97 Å². The Morgan fingerprint density at radius 3 is 2.60 bits per heavy atom. The van der Waals surface area contributed by atoms with E-state index >= 15 is 0 Å². The first-order chi connectivity index (χ1) is 9.61. The Morgan fingerprint density at radius 2 is 2.00 bits per heavy atom. The highest BCUT2D eigenvalue weighted by molar-refractivity contribution is 5.87. The molecule has 4 heteroatoms. The molecule has 0 radical (unpaired) electrons. The van der Waals surface area contributed by atoms with Gasteiger partial charge < -0.3 is 15.0 Å². The van der Waals surface area contributed by atoms with Gasteiger partial charge in [-0.15, -0.1) is 0 Å². The van der Waals surface area contributed by atoms with E-state index in [0.29, 0.717) is 11.6 Å². The van der Waals surface area contributed by atoms with Crippen LogP contribution in [-0.2, 0) is 6.54 Å². The third kappa shape index (κ3) is 3.27. The van der Waals surface area contributed by atoms with Gasteiger partial charge in [-0.1, -0.05) is 19.1 Å². The number of hydrogen-bond acceptors (Lipinski definition) is 2. The number of carbonyl (C=O) groups is 1. The highest BCUT2D eigenvalue weighted by Gasteiger charge is 2.09. The van der Waals surface area contributed by atoms with E-state index in [0.717, 1.165) is 18.7 Å². The van der Waals surface area contributed by atoms with Gasteiger partial charge in [0.2, 0.25) is 0 Å². The zero-order valence-electron chi connectivity index (χ0n) is 11.8. The Bertz CT molecular complexity index is 572. The summed E-state index contributed by atoms with van der Waals surface area (Å²) in [5, 5.41) is 12.3. The van der Waals surface area contributed by atoms with Gasteiger partial charge in [-0.25, -0.2) is 4.79 Å². The molecule has 0 saturated carbocycles. The first-order valence-corrected chi connectivity index (χ1v) is 6.82. The summed E-state index contributed by atoms with van der Waals surface area (Å²) in [5.41, 5.74) is 2.65. The first-order valence-electron chi connectivity index (χ1n) is 6.82. The van der Waals surface area contributed by atoms with E-state index < -0.39 is 5.97 Å². The highest BCUT2D eigenvalue weighted by Crippen LogP contribution is 2.15. The number of nitrogens with zero attached hydrogens (tertiary/aromatic N) is 1. The predicted octanol–water partition coefficient (Wildman–Crippen LogP) is 2.91. The van der Waals surface area contributed by atoms with Crippen LogP contribution in [0.3, 0.4) is 0 Å². The second-order valence-electron chi connectivity index (χ2n) is 4.84. The van der Waals surface area contributed by atoms with Crippen LogP contribution in [0.2, 0.25) is 0 Å². The van der Waals surface area contributed by atoms with E-state index in [4.69, 9.17) is 5.11 Å². The van der Waals surface area contributed by atoms with E-state index in [-0.39, 0.29) is 0 Å². The topological polar surface area (TPSA) is 54.3 Å². The lowest BCUT2D eigenvalue weighted by atomic mass is 10.1. The van der Waals surface area contributed by atoms with E-state index in [1.54, 1.807) is 12.1 Å². The Labute approximate surface area is 119 Å². The maximum Gasteiger partial charge on any atom is 0.335 e. The molecule has 4 nitrogen and oxygen atoms in total. The van der Waals surface area contributed by atoms with Gasteiger partial charge in [0.05, 0.1) is 5.56 Å². The second kappa shape index (κ2) is 6.39. The van der Waals surface area contributed by atoms with Crippen molar-refractivity contribution in [2.45, 2.75) is 26.4 Å². The summed E-state index contributed by atoms with van der Waals surface area (Å²) in [6.07, 6.45) is 2.05. The quantitative estimate of drug-likeness (QED) is 0.850. The molecule has 0 aliphatic carbocycles. The molecule has 1 unspecified atom stereocenters. The van der Waals surface area contributed by atoms with Gasteiger partial charge in [0.15, 0.2) is 0 Å². The van der Waals surface area contributed by atoms with Crippen LogP contribution >= 0.6 is 0 Å². The summed E-state index contributed by atoms with van der Waals surface area (Å²) in [7, 11) is 0. The van der Waals surface area contributed by atoms with Gasteiger partial charge in [-0.2, -0.15) is 0 Å². The maximum absolute atomic E-state index is 10.8. The fraction of sp³-hybridized carbons (Fsp3) is 0.312. The Kier molecular flexibility index (Phi) is 4.58. The molecule has 2 rings (SSSR count). The molecule has 1 aromatic carbocycles. The molecule has 1 aromatic heterocycles.